The smallest absolute Gasteiger partial charge is 0.152 e. The molecule has 1 unspecified atom stereocenters. The Kier molecular flexibility index (Phi) is 1.66. The first-order valence-corrected chi connectivity index (χ1v) is 3.96. The number of aromatic nitrogens is 1. The van der Waals surface area contributed by atoms with Crippen LogP contribution in [-0.2, 0) is 11.3 Å². The molecule has 1 atom stereocenters. The minimum atomic E-state index is -0.179. The number of nitrogens with one attached hydrogen (secondary N) is 1. The van der Waals surface area contributed by atoms with E-state index in [9.17, 15) is 4.79 Å². The van der Waals surface area contributed by atoms with Gasteiger partial charge in [0.25, 0.3) is 0 Å². The van der Waals surface area contributed by atoms with Crippen molar-refractivity contribution in [3.05, 3.63) is 29.6 Å². The highest BCUT2D eigenvalue weighted by Gasteiger charge is 2.25. The molecule has 62 valence electrons. The van der Waals surface area contributed by atoms with Gasteiger partial charge in [0, 0.05) is 12.7 Å². The second-order valence-corrected chi connectivity index (χ2v) is 2.97. The number of Topliss-reactive ketones (excluding diaryl/α,β-unsaturated/α-hetero) is 1. The highest BCUT2D eigenvalue weighted by atomic mass is 16.1. The first kappa shape index (κ1) is 7.43. The molecule has 1 N–H and O–H groups in total. The zero-order chi connectivity index (χ0) is 8.55. The molecule has 0 saturated carbocycles. The fourth-order valence-corrected chi connectivity index (χ4v) is 1.51. The average Bonchev–Trinajstić information content (AvgIpc) is 2.47. The van der Waals surface area contributed by atoms with Crippen LogP contribution >= 0.6 is 0 Å². The van der Waals surface area contributed by atoms with E-state index in [0.717, 1.165) is 17.8 Å². The van der Waals surface area contributed by atoms with Crippen molar-refractivity contribution < 1.29 is 4.79 Å². The van der Waals surface area contributed by atoms with Crippen LogP contribution in [0.3, 0.4) is 0 Å². The molecule has 0 saturated heterocycles. The summed E-state index contributed by atoms with van der Waals surface area (Å²) in [5.41, 5.74) is 2.03. The fourth-order valence-electron chi connectivity index (χ4n) is 1.51. The molecular formula is C9H10N2O. The van der Waals surface area contributed by atoms with E-state index in [2.05, 4.69) is 10.3 Å². The normalized spacial score (nSPS) is 20.6. The van der Waals surface area contributed by atoms with Crippen LogP contribution in [0.2, 0.25) is 0 Å². The van der Waals surface area contributed by atoms with Gasteiger partial charge < -0.3 is 0 Å². The van der Waals surface area contributed by atoms with Crippen LogP contribution in [-0.4, -0.2) is 10.8 Å². The highest BCUT2D eigenvalue weighted by molar-refractivity contribution is 5.83. The number of carbonyl (C=O) groups excluding carboxylic acids is 1. The Morgan fingerprint density at radius 2 is 2.58 bits per heavy atom. The van der Waals surface area contributed by atoms with Crippen molar-refractivity contribution in [1.29, 1.82) is 0 Å². The van der Waals surface area contributed by atoms with Gasteiger partial charge in [0.15, 0.2) is 5.78 Å². The van der Waals surface area contributed by atoms with Crippen LogP contribution < -0.4 is 5.32 Å². The van der Waals surface area contributed by atoms with Crippen LogP contribution in [0, 0.1) is 0 Å². The summed E-state index contributed by atoms with van der Waals surface area (Å²) in [4.78, 5) is 15.3. The number of hydrogen-bond donors (Lipinski definition) is 1. The van der Waals surface area contributed by atoms with Gasteiger partial charge in [-0.2, -0.15) is 0 Å². The lowest BCUT2D eigenvalue weighted by atomic mass is 10.1. The molecule has 1 aliphatic rings. The molecule has 0 spiro atoms. The van der Waals surface area contributed by atoms with E-state index in [0.29, 0.717) is 0 Å². The van der Waals surface area contributed by atoms with E-state index in [1.165, 1.54) is 0 Å². The lowest BCUT2D eigenvalue weighted by molar-refractivity contribution is -0.119. The lowest BCUT2D eigenvalue weighted by Crippen LogP contribution is -2.19. The quantitative estimate of drug-likeness (QED) is 0.664. The highest BCUT2D eigenvalue weighted by Crippen LogP contribution is 2.22. The Morgan fingerprint density at radius 1 is 1.75 bits per heavy atom. The molecule has 3 heteroatoms. The summed E-state index contributed by atoms with van der Waals surface area (Å²) in [5.74, 6) is 0.132. The van der Waals surface area contributed by atoms with Gasteiger partial charge in [-0.3, -0.25) is 15.1 Å². The zero-order valence-corrected chi connectivity index (χ0v) is 6.87. The van der Waals surface area contributed by atoms with E-state index < -0.39 is 0 Å². The van der Waals surface area contributed by atoms with Gasteiger partial charge in [0.2, 0.25) is 0 Å². The lowest BCUT2D eigenvalue weighted by Gasteiger charge is -2.04. The molecular weight excluding hydrogens is 152 g/mol. The summed E-state index contributed by atoms with van der Waals surface area (Å²) >= 11 is 0. The Morgan fingerprint density at radius 3 is 3.33 bits per heavy atom. The molecule has 0 radical (unpaired) electrons. The van der Waals surface area contributed by atoms with Crippen molar-refractivity contribution in [2.45, 2.75) is 19.5 Å². The summed E-state index contributed by atoms with van der Waals surface area (Å²) in [6.07, 6.45) is 1.72. The van der Waals surface area contributed by atoms with Crippen molar-refractivity contribution in [3.8, 4) is 0 Å². The molecule has 3 nitrogen and oxygen atoms in total. The molecule has 12 heavy (non-hydrogen) atoms. The van der Waals surface area contributed by atoms with Gasteiger partial charge in [-0.15, -0.1) is 0 Å². The van der Waals surface area contributed by atoms with Gasteiger partial charge >= 0.3 is 0 Å². The second kappa shape index (κ2) is 2.68. The van der Waals surface area contributed by atoms with Crippen molar-refractivity contribution in [2.75, 3.05) is 0 Å². The van der Waals surface area contributed by atoms with Crippen molar-refractivity contribution in [3.63, 3.8) is 0 Å². The third kappa shape index (κ3) is 1.02. The first-order chi connectivity index (χ1) is 5.79. The Hall–Kier alpha value is -1.22. The van der Waals surface area contributed by atoms with E-state index in [-0.39, 0.29) is 11.8 Å². The zero-order valence-electron chi connectivity index (χ0n) is 6.87. The van der Waals surface area contributed by atoms with E-state index in [1.54, 1.807) is 13.1 Å². The summed E-state index contributed by atoms with van der Waals surface area (Å²) in [6.45, 7) is 2.34. The fraction of sp³-hybridized carbons (Fsp3) is 0.333. The molecule has 0 bridgehead atoms. The first-order valence-electron chi connectivity index (χ1n) is 3.96. The van der Waals surface area contributed by atoms with E-state index in [1.807, 2.05) is 12.1 Å². The van der Waals surface area contributed by atoms with E-state index in [4.69, 9.17) is 0 Å². The molecule has 0 fully saturated rings. The predicted molar refractivity (Wildman–Crippen MR) is 44.5 cm³/mol. The Bertz CT molecular complexity index is 322. The maximum absolute atomic E-state index is 11.1. The molecule has 2 rings (SSSR count). The third-order valence-corrected chi connectivity index (χ3v) is 2.10. The molecule has 1 aliphatic heterocycles. The summed E-state index contributed by atoms with van der Waals surface area (Å²) in [5, 5.41) is 3.11. The van der Waals surface area contributed by atoms with Gasteiger partial charge in [-0.1, -0.05) is 6.07 Å². The number of ketones is 1. The van der Waals surface area contributed by atoms with Crippen molar-refractivity contribution in [1.82, 2.24) is 10.3 Å². The molecule has 0 aliphatic carbocycles. The molecule has 1 aromatic rings. The topological polar surface area (TPSA) is 42.0 Å². The number of pyridine rings is 1. The van der Waals surface area contributed by atoms with Crippen molar-refractivity contribution in [2.24, 2.45) is 0 Å². The molecule has 1 aromatic heterocycles. The predicted octanol–water partition coefficient (Wildman–Crippen LogP) is 0.815. The van der Waals surface area contributed by atoms with Crippen LogP contribution in [0.15, 0.2) is 18.3 Å². The number of rotatable bonds is 1. The number of hydrogen-bond acceptors (Lipinski definition) is 3. The maximum Gasteiger partial charge on any atom is 0.152 e. The number of fused-ring (bicyclic) bond motifs is 1. The Labute approximate surface area is 70.8 Å². The second-order valence-electron chi connectivity index (χ2n) is 2.97. The van der Waals surface area contributed by atoms with Crippen LogP contribution in [0.5, 0.6) is 0 Å². The van der Waals surface area contributed by atoms with Gasteiger partial charge in [0.1, 0.15) is 6.04 Å². The van der Waals surface area contributed by atoms with Gasteiger partial charge in [0.05, 0.1) is 5.69 Å². The maximum atomic E-state index is 11.1. The van der Waals surface area contributed by atoms with Gasteiger partial charge in [-0.25, -0.2) is 0 Å². The Balaban J connectivity index is 2.42. The summed E-state index contributed by atoms with van der Waals surface area (Å²) in [6, 6.07) is 3.71. The minimum Gasteiger partial charge on any atom is -0.298 e. The third-order valence-electron chi connectivity index (χ3n) is 2.10. The van der Waals surface area contributed by atoms with Crippen molar-refractivity contribution >= 4 is 5.78 Å². The molecule has 0 amide bonds. The molecule has 2 heterocycles. The largest absolute Gasteiger partial charge is 0.298 e. The summed E-state index contributed by atoms with van der Waals surface area (Å²) < 4.78 is 0. The monoisotopic (exact) mass is 162 g/mol. The van der Waals surface area contributed by atoms with Crippen LogP contribution in [0.25, 0.3) is 0 Å². The minimum absolute atomic E-state index is 0.132. The van der Waals surface area contributed by atoms with Gasteiger partial charge in [-0.05, 0) is 18.6 Å². The van der Waals surface area contributed by atoms with Crippen LogP contribution in [0.1, 0.15) is 24.2 Å². The molecule has 0 aromatic carbocycles. The van der Waals surface area contributed by atoms with E-state index >= 15 is 0 Å². The number of carbonyl (C=O) groups is 1. The number of nitrogens with zero attached hydrogens (tertiary/aromatic N) is 1. The SMILES string of the molecule is CC(=O)C1NCc2cccnc21. The average molecular weight is 162 g/mol. The standard InChI is InChI=1S/C9H10N2O/c1-6(12)8-9-7(5-11-8)3-2-4-10-9/h2-4,8,11H,5H2,1H3. The van der Waals surface area contributed by atoms with Crippen LogP contribution in [0.4, 0.5) is 0 Å². The summed E-state index contributed by atoms with van der Waals surface area (Å²) in [7, 11) is 0.